The van der Waals surface area contributed by atoms with E-state index < -0.39 is 0 Å². The summed E-state index contributed by atoms with van der Waals surface area (Å²) < 4.78 is 5.31. The summed E-state index contributed by atoms with van der Waals surface area (Å²) in [6.45, 7) is 2.00. The maximum atomic E-state index is 11.5. The first kappa shape index (κ1) is 11.4. The minimum atomic E-state index is -0.0802. The van der Waals surface area contributed by atoms with E-state index in [0.717, 1.165) is 11.3 Å². The Balaban J connectivity index is 2.23. The molecule has 2 amide bonds. The molecule has 0 aliphatic carbocycles. The van der Waals surface area contributed by atoms with Gasteiger partial charge in [0.2, 0.25) is 5.91 Å². The number of likely N-dealkylation sites (N-methyl/N-ethyl adjacent to an activating group) is 1. The highest BCUT2D eigenvalue weighted by Crippen LogP contribution is 2.31. The van der Waals surface area contributed by atoms with Crippen molar-refractivity contribution in [1.82, 2.24) is 5.32 Å². The van der Waals surface area contributed by atoms with E-state index >= 15 is 0 Å². The summed E-state index contributed by atoms with van der Waals surface area (Å²) in [5.41, 5.74) is 1.67. The summed E-state index contributed by atoms with van der Waals surface area (Å²) in [5, 5.41) is 2.71. The van der Waals surface area contributed by atoms with Crippen molar-refractivity contribution in [3.8, 4) is 5.75 Å². The molecule has 0 unspecified atom stereocenters. The van der Waals surface area contributed by atoms with Gasteiger partial charge in [0, 0.05) is 20.5 Å². The van der Waals surface area contributed by atoms with Crippen LogP contribution < -0.4 is 15.0 Å². The van der Waals surface area contributed by atoms with Crippen LogP contribution >= 0.6 is 0 Å². The lowest BCUT2D eigenvalue weighted by Gasteiger charge is -2.26. The maximum absolute atomic E-state index is 11.5. The summed E-state index contributed by atoms with van der Waals surface area (Å²) in [6.07, 6.45) is 0. The van der Waals surface area contributed by atoms with Crippen molar-refractivity contribution in [1.29, 1.82) is 0 Å². The number of anilines is 1. The molecule has 1 aliphatic heterocycles. The molecule has 90 valence electrons. The molecule has 0 saturated heterocycles. The molecule has 0 spiro atoms. The highest BCUT2D eigenvalue weighted by Gasteiger charge is 2.22. The molecular formula is C12H14N2O3. The number of ether oxygens (including phenoxy) is 1. The number of hydrogen-bond acceptors (Lipinski definition) is 3. The molecule has 1 aromatic carbocycles. The highest BCUT2D eigenvalue weighted by atomic mass is 16.5. The topological polar surface area (TPSA) is 58.6 Å². The number of hydrogen-bond donors (Lipinski definition) is 1. The molecule has 0 aromatic heterocycles. The number of fused-ring (bicyclic) bond motifs is 1. The first-order chi connectivity index (χ1) is 8.08. The second-order valence-electron chi connectivity index (χ2n) is 3.95. The van der Waals surface area contributed by atoms with Gasteiger partial charge in [-0.05, 0) is 17.7 Å². The van der Waals surface area contributed by atoms with Gasteiger partial charge in [0.1, 0.15) is 5.75 Å². The van der Waals surface area contributed by atoms with Crippen LogP contribution in [0.5, 0.6) is 5.75 Å². The molecule has 0 saturated carbocycles. The van der Waals surface area contributed by atoms with Gasteiger partial charge in [-0.15, -0.1) is 0 Å². The van der Waals surface area contributed by atoms with Crippen LogP contribution in [0, 0.1) is 0 Å². The van der Waals surface area contributed by atoms with Crippen LogP contribution in [0.15, 0.2) is 18.2 Å². The average Bonchev–Trinajstić information content (AvgIpc) is 2.31. The quantitative estimate of drug-likeness (QED) is 0.818. The fraction of sp³-hybridized carbons (Fsp3) is 0.333. The van der Waals surface area contributed by atoms with E-state index in [-0.39, 0.29) is 18.4 Å². The molecule has 5 heteroatoms. The van der Waals surface area contributed by atoms with E-state index in [9.17, 15) is 9.59 Å². The number of carbonyl (C=O) groups excluding carboxylic acids is 2. The smallest absolute Gasteiger partial charge is 0.264 e. The first-order valence-corrected chi connectivity index (χ1v) is 5.34. The van der Waals surface area contributed by atoms with Crippen LogP contribution in [0.4, 0.5) is 5.69 Å². The largest absolute Gasteiger partial charge is 0.482 e. The Bertz CT molecular complexity index is 471. The van der Waals surface area contributed by atoms with Crippen LogP contribution in [0.1, 0.15) is 12.5 Å². The number of rotatable bonds is 2. The van der Waals surface area contributed by atoms with E-state index in [1.54, 1.807) is 11.9 Å². The van der Waals surface area contributed by atoms with Gasteiger partial charge in [-0.2, -0.15) is 0 Å². The van der Waals surface area contributed by atoms with E-state index in [2.05, 4.69) is 5.32 Å². The zero-order chi connectivity index (χ0) is 12.4. The van der Waals surface area contributed by atoms with Gasteiger partial charge >= 0.3 is 0 Å². The zero-order valence-corrected chi connectivity index (χ0v) is 9.82. The van der Waals surface area contributed by atoms with Crippen molar-refractivity contribution in [2.75, 3.05) is 18.6 Å². The van der Waals surface area contributed by atoms with Gasteiger partial charge in [-0.25, -0.2) is 0 Å². The first-order valence-electron chi connectivity index (χ1n) is 5.34. The third-order valence-electron chi connectivity index (χ3n) is 2.65. The number of amides is 2. The average molecular weight is 234 g/mol. The molecule has 1 aliphatic rings. The molecule has 0 fully saturated rings. The Morgan fingerprint density at radius 3 is 3.00 bits per heavy atom. The van der Waals surface area contributed by atoms with Crippen LogP contribution in [-0.2, 0) is 16.1 Å². The van der Waals surface area contributed by atoms with Crippen molar-refractivity contribution in [3.05, 3.63) is 23.8 Å². The van der Waals surface area contributed by atoms with Gasteiger partial charge < -0.3 is 15.0 Å². The number of benzene rings is 1. The molecule has 0 bridgehead atoms. The van der Waals surface area contributed by atoms with Gasteiger partial charge in [-0.1, -0.05) is 6.07 Å². The van der Waals surface area contributed by atoms with E-state index in [4.69, 9.17) is 4.74 Å². The summed E-state index contributed by atoms with van der Waals surface area (Å²) in [6, 6.07) is 5.54. The van der Waals surface area contributed by atoms with Gasteiger partial charge in [-0.3, -0.25) is 9.59 Å². The van der Waals surface area contributed by atoms with Crippen LogP contribution in [-0.4, -0.2) is 25.5 Å². The fourth-order valence-electron chi connectivity index (χ4n) is 1.65. The molecule has 2 rings (SSSR count). The number of carbonyl (C=O) groups is 2. The minimum Gasteiger partial charge on any atom is -0.482 e. The van der Waals surface area contributed by atoms with Crippen molar-refractivity contribution in [3.63, 3.8) is 0 Å². The third-order valence-corrected chi connectivity index (χ3v) is 2.65. The van der Waals surface area contributed by atoms with Crippen molar-refractivity contribution < 1.29 is 14.3 Å². The Hall–Kier alpha value is -2.04. The van der Waals surface area contributed by atoms with Gasteiger partial charge in [0.25, 0.3) is 5.91 Å². The van der Waals surface area contributed by atoms with E-state index in [1.807, 2.05) is 18.2 Å². The second-order valence-corrected chi connectivity index (χ2v) is 3.95. The number of nitrogens with zero attached hydrogens (tertiary/aromatic N) is 1. The van der Waals surface area contributed by atoms with Crippen LogP contribution in [0.3, 0.4) is 0 Å². The monoisotopic (exact) mass is 234 g/mol. The standard InChI is InChI=1S/C12H14N2O3/c1-8(15)13-6-9-3-4-11-10(5-9)14(2)12(16)7-17-11/h3-5H,6-7H2,1-2H3,(H,13,15). The zero-order valence-electron chi connectivity index (χ0n) is 9.82. The molecule has 1 aromatic rings. The van der Waals surface area contributed by atoms with Crippen molar-refractivity contribution >= 4 is 17.5 Å². The summed E-state index contributed by atoms with van der Waals surface area (Å²) in [5.74, 6) is 0.538. The molecule has 1 N–H and O–H groups in total. The predicted molar refractivity (Wildman–Crippen MR) is 62.9 cm³/mol. The molecular weight excluding hydrogens is 220 g/mol. The summed E-state index contributed by atoms with van der Waals surface area (Å²) in [4.78, 5) is 23.9. The lowest BCUT2D eigenvalue weighted by molar-refractivity contribution is -0.121. The summed E-state index contributed by atoms with van der Waals surface area (Å²) in [7, 11) is 1.71. The molecule has 17 heavy (non-hydrogen) atoms. The molecule has 0 radical (unpaired) electrons. The molecule has 1 heterocycles. The van der Waals surface area contributed by atoms with Gasteiger partial charge in [0.05, 0.1) is 5.69 Å². The third kappa shape index (κ3) is 2.38. The number of nitrogens with one attached hydrogen (secondary N) is 1. The highest BCUT2D eigenvalue weighted by molar-refractivity contribution is 5.97. The molecule has 0 atom stereocenters. The Labute approximate surface area is 99.4 Å². The Morgan fingerprint density at radius 1 is 1.53 bits per heavy atom. The SMILES string of the molecule is CC(=O)NCc1ccc2c(c1)N(C)C(=O)CO2. The molecule has 5 nitrogen and oxygen atoms in total. The Kier molecular flexibility index (Phi) is 2.99. The van der Waals surface area contributed by atoms with Gasteiger partial charge in [0.15, 0.2) is 6.61 Å². The lowest BCUT2D eigenvalue weighted by Crippen LogP contribution is -2.35. The van der Waals surface area contributed by atoms with Crippen molar-refractivity contribution in [2.45, 2.75) is 13.5 Å². The van der Waals surface area contributed by atoms with Crippen LogP contribution in [0.25, 0.3) is 0 Å². The fourth-order valence-corrected chi connectivity index (χ4v) is 1.65. The predicted octanol–water partition coefficient (Wildman–Crippen LogP) is 0.678. The normalized spacial score (nSPS) is 14.0. The Morgan fingerprint density at radius 2 is 2.29 bits per heavy atom. The lowest BCUT2D eigenvalue weighted by atomic mass is 10.1. The minimum absolute atomic E-state index is 0.0748. The van der Waals surface area contributed by atoms with Crippen molar-refractivity contribution in [2.24, 2.45) is 0 Å². The van der Waals surface area contributed by atoms with E-state index in [1.165, 1.54) is 6.92 Å². The van der Waals surface area contributed by atoms with Crippen LogP contribution in [0.2, 0.25) is 0 Å². The second kappa shape index (κ2) is 4.45. The maximum Gasteiger partial charge on any atom is 0.264 e. The summed E-state index contributed by atoms with van der Waals surface area (Å²) >= 11 is 0. The van der Waals surface area contributed by atoms with E-state index in [0.29, 0.717) is 12.3 Å².